The average molecular weight is 199 g/mol. The molecule has 0 aromatic heterocycles. The summed E-state index contributed by atoms with van der Waals surface area (Å²) in [5.41, 5.74) is 0. The molecule has 0 spiro atoms. The Hall–Kier alpha value is -0.510. The van der Waals surface area contributed by atoms with E-state index in [4.69, 9.17) is 0 Å². The minimum absolute atomic E-state index is 0.0826. The summed E-state index contributed by atoms with van der Waals surface area (Å²) >= 11 is 1.37. The number of carbonyl (C=O) groups excluding carboxylic acids is 2. The molecule has 2 fully saturated rings. The van der Waals surface area contributed by atoms with Gasteiger partial charge in [0.1, 0.15) is 5.78 Å². The Morgan fingerprint density at radius 2 is 2.31 bits per heavy atom. The maximum absolute atomic E-state index is 11.2. The van der Waals surface area contributed by atoms with Crippen LogP contribution < -0.4 is 5.32 Å². The Kier molecular flexibility index (Phi) is 2.32. The summed E-state index contributed by atoms with van der Waals surface area (Å²) in [6.45, 7) is 1.65. The van der Waals surface area contributed by atoms with E-state index in [9.17, 15) is 9.59 Å². The van der Waals surface area contributed by atoms with Crippen molar-refractivity contribution in [3.8, 4) is 0 Å². The summed E-state index contributed by atoms with van der Waals surface area (Å²) < 4.78 is 0. The summed E-state index contributed by atoms with van der Waals surface area (Å²) in [5, 5.41) is 3.35. The topological polar surface area (TPSA) is 46.2 Å². The Balaban J connectivity index is 2.01. The number of carbonyl (C=O) groups is 2. The molecule has 3 nitrogen and oxygen atoms in total. The molecule has 0 aromatic carbocycles. The number of thioether (sulfide) groups is 1. The largest absolute Gasteiger partial charge is 0.343 e. The average Bonchev–Trinajstić information content (AvgIpc) is 2.42. The van der Waals surface area contributed by atoms with Gasteiger partial charge < -0.3 is 5.32 Å². The van der Waals surface area contributed by atoms with E-state index in [0.29, 0.717) is 11.3 Å². The minimum Gasteiger partial charge on any atom is -0.343 e. The number of hydrogen-bond acceptors (Lipinski definition) is 3. The lowest BCUT2D eigenvalue weighted by Gasteiger charge is -2.28. The van der Waals surface area contributed by atoms with Crippen LogP contribution in [0.4, 0.5) is 4.79 Å². The number of hydrogen-bond donors (Lipinski definition) is 1. The molecule has 0 bridgehead atoms. The SMILES string of the molecule is CC(=O)C1CCC2NC(=O)SC2C1. The van der Waals surface area contributed by atoms with Crippen LogP contribution in [0.15, 0.2) is 0 Å². The molecule has 13 heavy (non-hydrogen) atoms. The third-order valence-corrected chi connectivity index (χ3v) is 4.08. The van der Waals surface area contributed by atoms with Crippen molar-refractivity contribution in [2.75, 3.05) is 0 Å². The van der Waals surface area contributed by atoms with Gasteiger partial charge in [0.05, 0.1) is 0 Å². The molecule has 1 aliphatic heterocycles. The Morgan fingerprint density at radius 1 is 1.54 bits per heavy atom. The first kappa shape index (κ1) is 9.06. The molecule has 2 rings (SSSR count). The highest BCUT2D eigenvalue weighted by atomic mass is 32.2. The van der Waals surface area contributed by atoms with Crippen molar-refractivity contribution < 1.29 is 9.59 Å². The van der Waals surface area contributed by atoms with Crippen molar-refractivity contribution in [1.82, 2.24) is 5.32 Å². The molecule has 0 aromatic rings. The number of ketones is 1. The lowest BCUT2D eigenvalue weighted by atomic mass is 9.84. The van der Waals surface area contributed by atoms with Crippen molar-refractivity contribution in [3.63, 3.8) is 0 Å². The van der Waals surface area contributed by atoms with Crippen LogP contribution in [0.3, 0.4) is 0 Å². The Bertz CT molecular complexity index is 254. The second-order valence-electron chi connectivity index (χ2n) is 3.82. The van der Waals surface area contributed by atoms with E-state index in [1.54, 1.807) is 6.92 Å². The molecule has 1 heterocycles. The van der Waals surface area contributed by atoms with Gasteiger partial charge in [0.25, 0.3) is 5.24 Å². The predicted octanol–water partition coefficient (Wildman–Crippen LogP) is 1.57. The van der Waals surface area contributed by atoms with Gasteiger partial charge in [0.2, 0.25) is 0 Å². The zero-order valence-corrected chi connectivity index (χ0v) is 8.39. The predicted molar refractivity (Wildman–Crippen MR) is 51.7 cm³/mol. The lowest BCUT2D eigenvalue weighted by Crippen LogP contribution is -2.37. The maximum Gasteiger partial charge on any atom is 0.279 e. The highest BCUT2D eigenvalue weighted by Crippen LogP contribution is 2.37. The molecule has 4 heteroatoms. The van der Waals surface area contributed by atoms with Gasteiger partial charge in [0, 0.05) is 17.2 Å². The smallest absolute Gasteiger partial charge is 0.279 e. The van der Waals surface area contributed by atoms with Gasteiger partial charge in [-0.3, -0.25) is 9.59 Å². The third-order valence-electron chi connectivity index (χ3n) is 2.93. The summed E-state index contributed by atoms with van der Waals surface area (Å²) in [4.78, 5) is 22.2. The molecule has 3 unspecified atom stereocenters. The summed E-state index contributed by atoms with van der Waals surface area (Å²) in [5.74, 6) is 0.472. The van der Waals surface area contributed by atoms with Gasteiger partial charge in [-0.25, -0.2) is 0 Å². The summed E-state index contributed by atoms with van der Waals surface area (Å²) in [6, 6.07) is 0.327. The van der Waals surface area contributed by atoms with E-state index in [2.05, 4.69) is 5.32 Å². The molecule has 1 N–H and O–H groups in total. The number of rotatable bonds is 1. The van der Waals surface area contributed by atoms with Crippen LogP contribution >= 0.6 is 11.8 Å². The van der Waals surface area contributed by atoms with E-state index in [0.717, 1.165) is 19.3 Å². The fourth-order valence-electron chi connectivity index (χ4n) is 2.12. The fraction of sp³-hybridized carbons (Fsp3) is 0.778. The molecule has 1 aliphatic carbocycles. The second-order valence-corrected chi connectivity index (χ2v) is 5.03. The summed E-state index contributed by atoms with van der Waals surface area (Å²) in [6.07, 6.45) is 2.79. The molecule has 1 amide bonds. The van der Waals surface area contributed by atoms with Gasteiger partial charge in [-0.05, 0) is 26.2 Å². The lowest BCUT2D eigenvalue weighted by molar-refractivity contribution is -0.121. The fourth-order valence-corrected chi connectivity index (χ4v) is 3.31. The van der Waals surface area contributed by atoms with E-state index in [1.807, 2.05) is 0 Å². The van der Waals surface area contributed by atoms with Crippen LogP contribution in [0.2, 0.25) is 0 Å². The highest BCUT2D eigenvalue weighted by molar-refractivity contribution is 8.14. The van der Waals surface area contributed by atoms with Crippen LogP contribution in [-0.4, -0.2) is 22.3 Å². The third kappa shape index (κ3) is 1.73. The van der Waals surface area contributed by atoms with Gasteiger partial charge in [-0.2, -0.15) is 0 Å². The zero-order chi connectivity index (χ0) is 9.42. The van der Waals surface area contributed by atoms with E-state index >= 15 is 0 Å². The Labute approximate surface area is 81.6 Å². The second kappa shape index (κ2) is 3.33. The molecule has 72 valence electrons. The van der Waals surface area contributed by atoms with Crippen LogP contribution in [0.1, 0.15) is 26.2 Å². The summed E-state index contributed by atoms with van der Waals surface area (Å²) in [7, 11) is 0. The molecule has 3 atom stereocenters. The number of Topliss-reactive ketones (excluding diaryl/α,β-unsaturated/α-hetero) is 1. The molecule has 1 saturated heterocycles. The molecule has 2 aliphatic rings. The van der Waals surface area contributed by atoms with E-state index < -0.39 is 0 Å². The first-order valence-corrected chi connectivity index (χ1v) is 5.52. The first-order chi connectivity index (χ1) is 6.16. The quantitative estimate of drug-likeness (QED) is 0.697. The van der Waals surface area contributed by atoms with E-state index in [1.165, 1.54) is 11.8 Å². The van der Waals surface area contributed by atoms with Gasteiger partial charge in [-0.15, -0.1) is 0 Å². The molecular weight excluding hydrogens is 186 g/mol. The van der Waals surface area contributed by atoms with E-state index in [-0.39, 0.29) is 16.9 Å². The normalized spacial score (nSPS) is 38.2. The monoisotopic (exact) mass is 199 g/mol. The Morgan fingerprint density at radius 3 is 3.00 bits per heavy atom. The van der Waals surface area contributed by atoms with Crippen LogP contribution in [0.25, 0.3) is 0 Å². The van der Waals surface area contributed by atoms with Crippen LogP contribution in [0, 0.1) is 5.92 Å². The van der Waals surface area contributed by atoms with Crippen LogP contribution in [0.5, 0.6) is 0 Å². The van der Waals surface area contributed by atoms with Crippen molar-refractivity contribution in [1.29, 1.82) is 0 Å². The maximum atomic E-state index is 11.2. The molecular formula is C9H13NO2S. The molecule has 0 radical (unpaired) electrons. The van der Waals surface area contributed by atoms with Gasteiger partial charge in [0.15, 0.2) is 0 Å². The van der Waals surface area contributed by atoms with Crippen molar-refractivity contribution >= 4 is 22.8 Å². The van der Waals surface area contributed by atoms with Gasteiger partial charge >= 0.3 is 0 Å². The van der Waals surface area contributed by atoms with Crippen molar-refractivity contribution in [2.45, 2.75) is 37.5 Å². The van der Waals surface area contributed by atoms with Crippen molar-refractivity contribution in [2.24, 2.45) is 5.92 Å². The standard InChI is InChI=1S/C9H13NO2S/c1-5(11)6-2-3-7-8(4-6)13-9(12)10-7/h6-8H,2-4H2,1H3,(H,10,12). The number of nitrogens with one attached hydrogen (secondary N) is 1. The number of fused-ring (bicyclic) bond motifs is 1. The first-order valence-electron chi connectivity index (χ1n) is 4.64. The van der Waals surface area contributed by atoms with Gasteiger partial charge in [-0.1, -0.05) is 11.8 Å². The molecule has 1 saturated carbocycles. The number of amides is 1. The minimum atomic E-state index is 0.0826. The van der Waals surface area contributed by atoms with Crippen LogP contribution in [-0.2, 0) is 4.79 Å². The zero-order valence-electron chi connectivity index (χ0n) is 7.58. The highest BCUT2D eigenvalue weighted by Gasteiger charge is 2.39. The van der Waals surface area contributed by atoms with Crippen molar-refractivity contribution in [3.05, 3.63) is 0 Å².